The molecule has 0 atom stereocenters. The zero-order valence-electron chi connectivity index (χ0n) is 23.9. The standard InChI is InChI=1S/C38H28N6/c39-24-8-1-2-10-26-16-20-28(21-17-26)43-33-14-5-3-11-30(33)35-37(43)42-38-36(41-35)31-12-4-6-15-34(31)44(38)29-22-18-27(19-23-29)32-13-7-9-25-40-32/h1-9,11-25H,10,39H2/b2-1-,24-8-. The van der Waals surface area contributed by atoms with E-state index in [0.29, 0.717) is 0 Å². The third kappa shape index (κ3) is 4.24. The van der Waals surface area contributed by atoms with Gasteiger partial charge in [-0.25, -0.2) is 9.97 Å². The average molecular weight is 569 g/mol. The minimum absolute atomic E-state index is 0.822. The molecule has 44 heavy (non-hydrogen) atoms. The maximum Gasteiger partial charge on any atom is 0.166 e. The van der Waals surface area contributed by atoms with Crippen molar-refractivity contribution >= 4 is 44.1 Å². The largest absolute Gasteiger partial charge is 0.405 e. The van der Waals surface area contributed by atoms with E-state index in [1.165, 1.54) is 11.8 Å². The fourth-order valence-corrected chi connectivity index (χ4v) is 6.02. The van der Waals surface area contributed by atoms with Crippen molar-refractivity contribution in [3.63, 3.8) is 0 Å². The third-order valence-corrected chi connectivity index (χ3v) is 8.08. The summed E-state index contributed by atoms with van der Waals surface area (Å²) < 4.78 is 4.44. The maximum atomic E-state index is 5.45. The second kappa shape index (κ2) is 10.7. The molecule has 0 saturated heterocycles. The van der Waals surface area contributed by atoms with Crippen LogP contribution in [0, 0.1) is 0 Å². The molecule has 0 aliphatic heterocycles. The lowest BCUT2D eigenvalue weighted by atomic mass is 10.1. The van der Waals surface area contributed by atoms with Gasteiger partial charge in [0, 0.05) is 33.9 Å². The molecule has 4 aromatic heterocycles. The van der Waals surface area contributed by atoms with Gasteiger partial charge in [-0.2, -0.15) is 0 Å². The molecule has 6 nitrogen and oxygen atoms in total. The number of pyridine rings is 1. The lowest BCUT2D eigenvalue weighted by Crippen LogP contribution is -2.00. The Morgan fingerprint density at radius 1 is 0.591 bits per heavy atom. The van der Waals surface area contributed by atoms with Crippen molar-refractivity contribution in [3.05, 3.63) is 151 Å². The first kappa shape index (κ1) is 25.7. The van der Waals surface area contributed by atoms with E-state index in [4.69, 9.17) is 15.7 Å². The van der Waals surface area contributed by atoms with E-state index < -0.39 is 0 Å². The van der Waals surface area contributed by atoms with Crippen LogP contribution in [0.3, 0.4) is 0 Å². The van der Waals surface area contributed by atoms with Crippen LogP contribution in [-0.4, -0.2) is 24.1 Å². The van der Waals surface area contributed by atoms with Crippen molar-refractivity contribution in [2.45, 2.75) is 6.42 Å². The van der Waals surface area contributed by atoms with Gasteiger partial charge in [-0.05, 0) is 72.8 Å². The molecule has 4 aromatic carbocycles. The van der Waals surface area contributed by atoms with Crippen molar-refractivity contribution < 1.29 is 0 Å². The molecule has 0 fully saturated rings. The Bertz CT molecular complexity index is 2340. The quantitative estimate of drug-likeness (QED) is 0.205. The summed E-state index contributed by atoms with van der Waals surface area (Å²) in [6.45, 7) is 0. The van der Waals surface area contributed by atoms with E-state index in [2.05, 4.69) is 117 Å². The summed E-state index contributed by atoms with van der Waals surface area (Å²) in [5.74, 6) is 0. The summed E-state index contributed by atoms with van der Waals surface area (Å²) in [5, 5.41) is 2.15. The van der Waals surface area contributed by atoms with Gasteiger partial charge < -0.3 is 5.73 Å². The summed E-state index contributed by atoms with van der Waals surface area (Å²) in [6.07, 6.45) is 10.1. The van der Waals surface area contributed by atoms with Gasteiger partial charge in [-0.1, -0.05) is 78.9 Å². The van der Waals surface area contributed by atoms with Crippen molar-refractivity contribution in [2.75, 3.05) is 0 Å². The minimum atomic E-state index is 0.822. The Morgan fingerprint density at radius 2 is 1.18 bits per heavy atom. The fraction of sp³-hybridized carbons (Fsp3) is 0.0263. The van der Waals surface area contributed by atoms with Gasteiger partial charge in [0.15, 0.2) is 11.3 Å². The first-order valence-corrected chi connectivity index (χ1v) is 14.6. The molecule has 6 heteroatoms. The first-order chi connectivity index (χ1) is 21.8. The molecule has 0 aliphatic rings. The molecular weight excluding hydrogens is 540 g/mol. The van der Waals surface area contributed by atoms with E-state index in [9.17, 15) is 0 Å². The molecule has 0 saturated carbocycles. The van der Waals surface area contributed by atoms with Crippen LogP contribution in [-0.2, 0) is 6.42 Å². The highest BCUT2D eigenvalue weighted by Crippen LogP contribution is 2.36. The van der Waals surface area contributed by atoms with Crippen LogP contribution in [0.15, 0.2) is 146 Å². The van der Waals surface area contributed by atoms with Gasteiger partial charge in [-0.3, -0.25) is 14.1 Å². The van der Waals surface area contributed by atoms with Gasteiger partial charge in [0.05, 0.1) is 16.7 Å². The highest BCUT2D eigenvalue weighted by Gasteiger charge is 2.20. The molecule has 0 bridgehead atoms. The predicted octanol–water partition coefficient (Wildman–Crippen LogP) is 8.30. The van der Waals surface area contributed by atoms with E-state index in [-0.39, 0.29) is 0 Å². The number of hydrogen-bond acceptors (Lipinski definition) is 4. The molecule has 0 unspecified atom stereocenters. The van der Waals surface area contributed by atoms with E-state index in [0.717, 1.165) is 73.2 Å². The molecule has 0 amide bonds. The zero-order chi connectivity index (χ0) is 29.5. The Labute approximate surface area is 254 Å². The monoisotopic (exact) mass is 568 g/mol. The van der Waals surface area contributed by atoms with Crippen LogP contribution >= 0.6 is 0 Å². The van der Waals surface area contributed by atoms with Gasteiger partial charge in [-0.15, -0.1) is 0 Å². The molecule has 0 spiro atoms. The topological polar surface area (TPSA) is 74.6 Å². The number of allylic oxidation sites excluding steroid dienone is 3. The van der Waals surface area contributed by atoms with Gasteiger partial charge in [0.2, 0.25) is 0 Å². The van der Waals surface area contributed by atoms with E-state index in [1.54, 1.807) is 0 Å². The summed E-state index contributed by atoms with van der Waals surface area (Å²) >= 11 is 0. The SMILES string of the molecule is N/C=C\C=C/Cc1ccc(-n2c3ccccc3c3nc4c5ccccc5n(-c5ccc(-c6ccccn6)cc5)c4nc32)cc1. The Morgan fingerprint density at radius 3 is 1.77 bits per heavy atom. The molecule has 210 valence electrons. The van der Waals surface area contributed by atoms with Crippen molar-refractivity contribution in [1.82, 2.24) is 24.1 Å². The summed E-state index contributed by atoms with van der Waals surface area (Å²) in [6, 6.07) is 39.9. The lowest BCUT2D eigenvalue weighted by Gasteiger charge is -2.10. The summed E-state index contributed by atoms with van der Waals surface area (Å²) in [7, 11) is 0. The molecule has 0 aliphatic carbocycles. The van der Waals surface area contributed by atoms with Crippen LogP contribution in [0.25, 0.3) is 66.8 Å². The highest BCUT2D eigenvalue weighted by atomic mass is 15.1. The maximum absolute atomic E-state index is 5.45. The number of rotatable bonds is 6. The first-order valence-electron chi connectivity index (χ1n) is 14.6. The van der Waals surface area contributed by atoms with Crippen LogP contribution in [0.5, 0.6) is 0 Å². The van der Waals surface area contributed by atoms with Crippen molar-refractivity contribution in [3.8, 4) is 22.6 Å². The molecular formula is C38H28N6. The number of fused-ring (bicyclic) bond motifs is 6. The van der Waals surface area contributed by atoms with Crippen molar-refractivity contribution in [2.24, 2.45) is 5.73 Å². The molecule has 8 aromatic rings. The number of benzene rings is 4. The smallest absolute Gasteiger partial charge is 0.166 e. The Kier molecular flexibility index (Phi) is 6.23. The molecule has 0 radical (unpaired) electrons. The number of nitrogens with two attached hydrogens (primary N) is 1. The number of nitrogens with zero attached hydrogens (tertiary/aromatic N) is 5. The fourth-order valence-electron chi connectivity index (χ4n) is 6.02. The second-order valence-electron chi connectivity index (χ2n) is 10.7. The average Bonchev–Trinajstić information content (AvgIpc) is 3.58. The highest BCUT2D eigenvalue weighted by molar-refractivity contribution is 6.12. The van der Waals surface area contributed by atoms with Crippen molar-refractivity contribution in [1.29, 1.82) is 0 Å². The normalized spacial score (nSPS) is 12.1. The van der Waals surface area contributed by atoms with Gasteiger partial charge >= 0.3 is 0 Å². The van der Waals surface area contributed by atoms with Crippen LogP contribution < -0.4 is 5.73 Å². The van der Waals surface area contributed by atoms with Crippen LogP contribution in [0.1, 0.15) is 5.56 Å². The van der Waals surface area contributed by atoms with Gasteiger partial charge in [0.1, 0.15) is 11.0 Å². The Balaban J connectivity index is 1.34. The second-order valence-corrected chi connectivity index (χ2v) is 10.7. The third-order valence-electron chi connectivity index (χ3n) is 8.08. The minimum Gasteiger partial charge on any atom is -0.405 e. The lowest BCUT2D eigenvalue weighted by molar-refractivity contribution is 1.10. The van der Waals surface area contributed by atoms with E-state index in [1.807, 2.05) is 36.5 Å². The number of para-hydroxylation sites is 2. The summed E-state index contributed by atoms with van der Waals surface area (Å²) in [5.41, 5.74) is 16.3. The summed E-state index contributed by atoms with van der Waals surface area (Å²) in [4.78, 5) is 15.2. The number of hydrogen-bond donors (Lipinski definition) is 1. The van der Waals surface area contributed by atoms with Gasteiger partial charge in [0.25, 0.3) is 0 Å². The van der Waals surface area contributed by atoms with Crippen LogP contribution in [0.2, 0.25) is 0 Å². The van der Waals surface area contributed by atoms with Crippen LogP contribution in [0.4, 0.5) is 0 Å². The molecule has 8 rings (SSSR count). The number of aromatic nitrogens is 5. The zero-order valence-corrected chi connectivity index (χ0v) is 23.9. The molecule has 4 heterocycles. The Hall–Kier alpha value is -6.01. The van der Waals surface area contributed by atoms with E-state index >= 15 is 0 Å². The predicted molar refractivity (Wildman–Crippen MR) is 180 cm³/mol. The molecule has 2 N–H and O–H groups in total.